The molecule has 3 nitrogen and oxygen atoms in total. The Morgan fingerprint density at radius 1 is 1.24 bits per heavy atom. The Kier molecular flexibility index (Phi) is 4.81. The Morgan fingerprint density at radius 3 is 2.76 bits per heavy atom. The van der Waals surface area contributed by atoms with Crippen LogP contribution in [0.3, 0.4) is 0 Å². The highest BCUT2D eigenvalue weighted by Crippen LogP contribution is 2.32. The van der Waals surface area contributed by atoms with Gasteiger partial charge in [-0.15, -0.1) is 0 Å². The van der Waals surface area contributed by atoms with Gasteiger partial charge in [-0.25, -0.2) is 0 Å². The SMILES string of the molecule is CC1CCNC2(CCCC2)CN1CCOc1ccccc1. The molecule has 1 N–H and O–H groups in total. The van der Waals surface area contributed by atoms with Gasteiger partial charge in [0.1, 0.15) is 12.4 Å². The van der Waals surface area contributed by atoms with Gasteiger partial charge in [0.25, 0.3) is 0 Å². The van der Waals surface area contributed by atoms with Crippen LogP contribution in [0.25, 0.3) is 0 Å². The molecule has 21 heavy (non-hydrogen) atoms. The van der Waals surface area contributed by atoms with Crippen LogP contribution in [0, 0.1) is 0 Å². The second kappa shape index (κ2) is 6.80. The molecule has 1 saturated heterocycles. The predicted octanol–water partition coefficient (Wildman–Crippen LogP) is 3.06. The first-order chi connectivity index (χ1) is 10.3. The van der Waals surface area contributed by atoms with Gasteiger partial charge in [-0.1, -0.05) is 31.0 Å². The van der Waals surface area contributed by atoms with E-state index in [0.717, 1.165) is 25.4 Å². The summed E-state index contributed by atoms with van der Waals surface area (Å²) in [7, 11) is 0. The second-order valence-electron chi connectivity index (χ2n) is 6.68. The molecule has 1 aliphatic carbocycles. The molecule has 1 aromatic carbocycles. The molecular weight excluding hydrogens is 260 g/mol. The fourth-order valence-electron chi connectivity index (χ4n) is 3.81. The third-order valence-corrected chi connectivity index (χ3v) is 5.14. The summed E-state index contributed by atoms with van der Waals surface area (Å²) in [5.74, 6) is 0.980. The van der Waals surface area contributed by atoms with Gasteiger partial charge in [0.2, 0.25) is 0 Å². The highest BCUT2D eigenvalue weighted by atomic mass is 16.5. The molecule has 3 rings (SSSR count). The average molecular weight is 288 g/mol. The van der Waals surface area contributed by atoms with E-state index in [0.29, 0.717) is 11.6 Å². The molecule has 0 radical (unpaired) electrons. The van der Waals surface area contributed by atoms with E-state index < -0.39 is 0 Å². The molecule has 1 spiro atoms. The maximum absolute atomic E-state index is 5.89. The maximum atomic E-state index is 5.89. The van der Waals surface area contributed by atoms with Crippen molar-refractivity contribution >= 4 is 0 Å². The van der Waals surface area contributed by atoms with Crippen molar-refractivity contribution in [3.8, 4) is 5.75 Å². The zero-order valence-electron chi connectivity index (χ0n) is 13.2. The number of nitrogens with zero attached hydrogens (tertiary/aromatic N) is 1. The van der Waals surface area contributed by atoms with Crippen LogP contribution >= 0.6 is 0 Å². The number of benzene rings is 1. The Morgan fingerprint density at radius 2 is 2.00 bits per heavy atom. The van der Waals surface area contributed by atoms with Crippen molar-refractivity contribution in [3.05, 3.63) is 30.3 Å². The van der Waals surface area contributed by atoms with Gasteiger partial charge < -0.3 is 10.1 Å². The van der Waals surface area contributed by atoms with Crippen molar-refractivity contribution < 1.29 is 4.74 Å². The van der Waals surface area contributed by atoms with Crippen molar-refractivity contribution in [2.45, 2.75) is 50.6 Å². The van der Waals surface area contributed by atoms with Crippen molar-refractivity contribution in [3.63, 3.8) is 0 Å². The van der Waals surface area contributed by atoms with E-state index >= 15 is 0 Å². The quantitative estimate of drug-likeness (QED) is 0.921. The molecule has 3 heteroatoms. The number of hydrogen-bond acceptors (Lipinski definition) is 3. The van der Waals surface area contributed by atoms with Gasteiger partial charge in [-0.05, 0) is 44.9 Å². The van der Waals surface area contributed by atoms with E-state index in [-0.39, 0.29) is 0 Å². The standard InChI is InChI=1S/C18H28N2O/c1-16-9-12-19-18(10-5-6-11-18)15-20(16)13-14-21-17-7-3-2-4-8-17/h2-4,7-8,16,19H,5-6,9-15H2,1H3. The lowest BCUT2D eigenvalue weighted by molar-refractivity contribution is 0.140. The second-order valence-corrected chi connectivity index (χ2v) is 6.68. The lowest BCUT2D eigenvalue weighted by Gasteiger charge is -2.35. The number of rotatable bonds is 4. The number of hydrogen-bond donors (Lipinski definition) is 1. The smallest absolute Gasteiger partial charge is 0.119 e. The van der Waals surface area contributed by atoms with Crippen molar-refractivity contribution in [2.24, 2.45) is 0 Å². The summed E-state index contributed by atoms with van der Waals surface area (Å²) in [6.45, 7) is 6.52. The van der Waals surface area contributed by atoms with Gasteiger partial charge in [-0.3, -0.25) is 4.90 Å². The summed E-state index contributed by atoms with van der Waals surface area (Å²) in [4.78, 5) is 2.63. The van der Waals surface area contributed by atoms with E-state index in [1.165, 1.54) is 38.6 Å². The molecule has 1 aliphatic heterocycles. The topological polar surface area (TPSA) is 24.5 Å². The van der Waals surface area contributed by atoms with E-state index in [1.54, 1.807) is 0 Å². The van der Waals surface area contributed by atoms with E-state index in [4.69, 9.17) is 4.74 Å². The minimum absolute atomic E-state index is 0.386. The first-order valence-electron chi connectivity index (χ1n) is 8.44. The molecule has 0 bridgehead atoms. The lowest BCUT2D eigenvalue weighted by Crippen LogP contribution is -2.50. The van der Waals surface area contributed by atoms with Crippen LogP contribution in [0.5, 0.6) is 5.75 Å². The van der Waals surface area contributed by atoms with Gasteiger partial charge >= 0.3 is 0 Å². The molecule has 0 amide bonds. The van der Waals surface area contributed by atoms with Crippen LogP contribution in [0.2, 0.25) is 0 Å². The molecule has 0 aromatic heterocycles. The Bertz CT molecular complexity index is 428. The Labute approximate surface area is 128 Å². The fourth-order valence-corrected chi connectivity index (χ4v) is 3.81. The largest absolute Gasteiger partial charge is 0.492 e. The molecule has 2 aliphatic rings. The number of ether oxygens (including phenoxy) is 1. The molecule has 1 saturated carbocycles. The first-order valence-corrected chi connectivity index (χ1v) is 8.44. The summed E-state index contributed by atoms with van der Waals surface area (Å²) >= 11 is 0. The fraction of sp³-hybridized carbons (Fsp3) is 0.667. The first kappa shape index (κ1) is 14.9. The van der Waals surface area contributed by atoms with E-state index in [9.17, 15) is 0 Å². The van der Waals surface area contributed by atoms with Crippen LogP contribution in [0.1, 0.15) is 39.0 Å². The summed E-state index contributed by atoms with van der Waals surface area (Å²) in [5, 5.41) is 3.84. The van der Waals surface area contributed by atoms with Crippen LogP contribution in [-0.2, 0) is 0 Å². The van der Waals surface area contributed by atoms with Gasteiger partial charge in [0.15, 0.2) is 0 Å². The van der Waals surface area contributed by atoms with Crippen LogP contribution in [0.4, 0.5) is 0 Å². The summed E-state index contributed by atoms with van der Waals surface area (Å²) in [5.41, 5.74) is 0.386. The van der Waals surface area contributed by atoms with Gasteiger partial charge in [-0.2, -0.15) is 0 Å². The van der Waals surface area contributed by atoms with Crippen molar-refractivity contribution in [1.82, 2.24) is 10.2 Å². The molecule has 1 aromatic rings. The lowest BCUT2D eigenvalue weighted by atomic mass is 9.97. The maximum Gasteiger partial charge on any atom is 0.119 e. The number of nitrogens with one attached hydrogen (secondary N) is 1. The molecule has 1 atom stereocenters. The molecule has 1 heterocycles. The highest BCUT2D eigenvalue weighted by Gasteiger charge is 2.37. The summed E-state index contributed by atoms with van der Waals surface area (Å²) < 4.78 is 5.89. The summed E-state index contributed by atoms with van der Waals surface area (Å²) in [6, 6.07) is 10.8. The normalized spacial score (nSPS) is 25.9. The zero-order chi connectivity index (χ0) is 14.5. The predicted molar refractivity (Wildman–Crippen MR) is 86.8 cm³/mol. The summed E-state index contributed by atoms with van der Waals surface area (Å²) in [6.07, 6.45) is 6.70. The highest BCUT2D eigenvalue weighted by molar-refractivity contribution is 5.20. The Balaban J connectivity index is 1.54. The number of para-hydroxylation sites is 1. The average Bonchev–Trinajstić information content (AvgIpc) is 2.89. The minimum atomic E-state index is 0.386. The molecular formula is C18H28N2O. The van der Waals surface area contributed by atoms with E-state index in [2.05, 4.69) is 17.1 Å². The van der Waals surface area contributed by atoms with Crippen molar-refractivity contribution in [1.29, 1.82) is 0 Å². The zero-order valence-corrected chi connectivity index (χ0v) is 13.2. The molecule has 1 unspecified atom stereocenters. The van der Waals surface area contributed by atoms with Crippen LogP contribution < -0.4 is 10.1 Å². The van der Waals surface area contributed by atoms with E-state index in [1.807, 2.05) is 30.3 Å². The third-order valence-electron chi connectivity index (χ3n) is 5.14. The molecule has 116 valence electrons. The third kappa shape index (κ3) is 3.78. The van der Waals surface area contributed by atoms with Crippen LogP contribution in [0.15, 0.2) is 30.3 Å². The molecule has 2 fully saturated rings. The minimum Gasteiger partial charge on any atom is -0.492 e. The van der Waals surface area contributed by atoms with Gasteiger partial charge in [0.05, 0.1) is 0 Å². The monoisotopic (exact) mass is 288 g/mol. The van der Waals surface area contributed by atoms with Gasteiger partial charge in [0, 0.05) is 24.7 Å². The Hall–Kier alpha value is -1.06. The van der Waals surface area contributed by atoms with Crippen molar-refractivity contribution in [2.75, 3.05) is 26.2 Å². The van der Waals surface area contributed by atoms with Crippen LogP contribution in [-0.4, -0.2) is 42.7 Å².